The Hall–Kier alpha value is -2.83. The molecular weight excluding hydrogens is 699 g/mol. The third-order valence-corrected chi connectivity index (χ3v) is 15.9. The number of carbonyl (C=O) groups excluding carboxylic acids is 2. The highest BCUT2D eigenvalue weighted by molar-refractivity contribution is 7.49. The second-order valence-corrected chi connectivity index (χ2v) is 20.8. The summed E-state index contributed by atoms with van der Waals surface area (Å²) in [6.07, 6.45) is 2.56. The number of ether oxygens (including phenoxy) is 2. The Balaban J connectivity index is 2.59. The van der Waals surface area contributed by atoms with Crippen LogP contribution in [0.15, 0.2) is 60.7 Å². The van der Waals surface area contributed by atoms with Gasteiger partial charge in [-0.25, -0.2) is 4.57 Å². The Morgan fingerprint density at radius 3 is 1.41 bits per heavy atom. The van der Waals surface area contributed by atoms with Crippen LogP contribution in [0.25, 0.3) is 0 Å². The van der Waals surface area contributed by atoms with Crippen molar-refractivity contribution < 1.29 is 37.2 Å². The minimum Gasteiger partial charge on any atom is -0.469 e. The maximum atomic E-state index is 14.9. The number of hydrogen-bond donors (Lipinski definition) is 0. The molecule has 3 unspecified atom stereocenters. The Morgan fingerprint density at radius 2 is 1.02 bits per heavy atom. The number of carbonyl (C=O) groups is 2. The Kier molecular flexibility index (Phi) is 15.0. The summed E-state index contributed by atoms with van der Waals surface area (Å²) in [7, 11) is -2.73. The van der Waals surface area contributed by atoms with Gasteiger partial charge >= 0.3 is 19.8 Å². The van der Waals surface area contributed by atoms with Gasteiger partial charge in [0.1, 0.15) is 18.1 Å². The highest BCUT2D eigenvalue weighted by Gasteiger charge is 2.64. The average molecular weight is 773 g/mol. The molecule has 2 rings (SSSR count). The van der Waals surface area contributed by atoms with Gasteiger partial charge in [-0.1, -0.05) is 140 Å². The quantitative estimate of drug-likeness (QED) is 0.0745. The van der Waals surface area contributed by atoms with Crippen LogP contribution in [0.1, 0.15) is 136 Å². The van der Waals surface area contributed by atoms with E-state index in [1.807, 2.05) is 26.0 Å². The van der Waals surface area contributed by atoms with Crippen molar-refractivity contribution in [3.05, 3.63) is 60.7 Å². The molecule has 306 valence electrons. The number of rotatable bonds is 20. The van der Waals surface area contributed by atoms with Gasteiger partial charge in [0.05, 0.1) is 24.5 Å². The van der Waals surface area contributed by atoms with Crippen LogP contribution in [0, 0.1) is 43.3 Å². The predicted octanol–water partition coefficient (Wildman–Crippen LogP) is 12.8. The predicted molar refractivity (Wildman–Crippen MR) is 219 cm³/mol. The highest BCUT2D eigenvalue weighted by atomic mass is 31.2. The first-order valence-corrected chi connectivity index (χ1v) is 21.0. The molecular formula is C45H73O8P. The van der Waals surface area contributed by atoms with E-state index in [1.54, 1.807) is 48.5 Å². The van der Waals surface area contributed by atoms with Crippen molar-refractivity contribution in [3.8, 4) is 11.5 Å². The third-order valence-electron chi connectivity index (χ3n) is 14.6. The van der Waals surface area contributed by atoms with Gasteiger partial charge in [-0.15, -0.1) is 0 Å². The van der Waals surface area contributed by atoms with Gasteiger partial charge in [-0.2, -0.15) is 0 Å². The first-order chi connectivity index (χ1) is 24.6. The minimum absolute atomic E-state index is 0.110. The molecule has 2 aromatic rings. The SMILES string of the molecule is CCC(C)(C)C(C)(C)CC(C)(C(=O)OCCOP(=O)(Oc1ccccc1)Oc1ccccc1)C(C)(CC)C(C)(C)CC(C)(C(=O)OC)C(C)(C)C(C)(C)C. The zero-order valence-electron chi connectivity index (χ0n) is 36.7. The monoisotopic (exact) mass is 773 g/mol. The lowest BCUT2D eigenvalue weighted by Crippen LogP contribution is -2.59. The van der Waals surface area contributed by atoms with Crippen molar-refractivity contribution in [3.63, 3.8) is 0 Å². The van der Waals surface area contributed by atoms with Crippen molar-refractivity contribution in [2.75, 3.05) is 20.3 Å². The molecule has 0 fully saturated rings. The zero-order valence-corrected chi connectivity index (χ0v) is 37.6. The lowest BCUT2D eigenvalue weighted by atomic mass is 9.43. The van der Waals surface area contributed by atoms with Crippen LogP contribution in [-0.2, 0) is 28.2 Å². The minimum atomic E-state index is -4.19. The van der Waals surface area contributed by atoms with Crippen molar-refractivity contribution in [2.24, 2.45) is 43.3 Å². The Labute approximate surface area is 328 Å². The number of phosphoric acid groups is 1. The summed E-state index contributed by atoms with van der Waals surface area (Å²) in [5.74, 6) is -0.00266. The fourth-order valence-corrected chi connectivity index (χ4v) is 9.33. The van der Waals surface area contributed by atoms with Gasteiger partial charge in [0.2, 0.25) is 0 Å². The average Bonchev–Trinajstić information content (AvgIpc) is 3.08. The molecule has 9 heteroatoms. The largest absolute Gasteiger partial charge is 0.587 e. The van der Waals surface area contributed by atoms with Crippen LogP contribution in [-0.4, -0.2) is 32.3 Å². The number of hydrogen-bond acceptors (Lipinski definition) is 8. The summed E-state index contributed by atoms with van der Waals surface area (Å²) in [4.78, 5) is 28.8. The zero-order chi connectivity index (χ0) is 41.7. The van der Waals surface area contributed by atoms with E-state index in [0.29, 0.717) is 30.8 Å². The van der Waals surface area contributed by atoms with Crippen LogP contribution in [0.3, 0.4) is 0 Å². The fraction of sp³-hybridized carbons (Fsp3) is 0.689. The molecule has 0 aromatic heterocycles. The van der Waals surface area contributed by atoms with E-state index in [9.17, 15) is 14.2 Å². The number of para-hydroxylation sites is 2. The first kappa shape index (κ1) is 47.3. The maximum Gasteiger partial charge on any atom is 0.587 e. The number of esters is 2. The van der Waals surface area contributed by atoms with Gasteiger partial charge in [0, 0.05) is 0 Å². The van der Waals surface area contributed by atoms with E-state index in [0.717, 1.165) is 6.42 Å². The maximum absolute atomic E-state index is 14.9. The van der Waals surface area contributed by atoms with E-state index in [1.165, 1.54) is 7.11 Å². The number of benzene rings is 2. The van der Waals surface area contributed by atoms with Gasteiger partial charge in [-0.05, 0) is 89.9 Å². The molecule has 0 bridgehead atoms. The summed E-state index contributed by atoms with van der Waals surface area (Å²) in [6, 6.07) is 17.3. The molecule has 54 heavy (non-hydrogen) atoms. The van der Waals surface area contributed by atoms with E-state index < -0.39 is 34.9 Å². The van der Waals surface area contributed by atoms with Crippen LogP contribution in [0.4, 0.5) is 0 Å². The summed E-state index contributed by atoms with van der Waals surface area (Å²) in [6.45, 7) is 34.2. The summed E-state index contributed by atoms with van der Waals surface area (Å²) in [5.41, 5.74) is -4.30. The smallest absolute Gasteiger partial charge is 0.469 e. The molecule has 8 nitrogen and oxygen atoms in total. The molecule has 0 radical (unpaired) electrons. The van der Waals surface area contributed by atoms with E-state index >= 15 is 0 Å². The van der Waals surface area contributed by atoms with Crippen molar-refractivity contribution in [1.82, 2.24) is 0 Å². The lowest BCUT2D eigenvalue weighted by Gasteiger charge is -2.60. The summed E-state index contributed by atoms with van der Waals surface area (Å²) < 4.78 is 43.0. The van der Waals surface area contributed by atoms with Gasteiger partial charge in [-0.3, -0.25) is 14.1 Å². The Bertz CT molecular complexity index is 1530. The molecule has 3 atom stereocenters. The van der Waals surface area contributed by atoms with Crippen LogP contribution >= 0.6 is 7.82 Å². The van der Waals surface area contributed by atoms with Crippen molar-refractivity contribution in [1.29, 1.82) is 0 Å². The van der Waals surface area contributed by atoms with E-state index in [2.05, 4.69) is 96.9 Å². The molecule has 0 amide bonds. The second kappa shape index (κ2) is 17.1. The molecule has 0 saturated heterocycles. The van der Waals surface area contributed by atoms with E-state index in [4.69, 9.17) is 23.0 Å². The van der Waals surface area contributed by atoms with Crippen LogP contribution < -0.4 is 9.05 Å². The van der Waals surface area contributed by atoms with Gasteiger partial charge in [0.25, 0.3) is 0 Å². The van der Waals surface area contributed by atoms with Crippen molar-refractivity contribution >= 4 is 19.8 Å². The van der Waals surface area contributed by atoms with Crippen LogP contribution in [0.2, 0.25) is 0 Å². The molecule has 0 aliphatic heterocycles. The molecule has 0 heterocycles. The fourth-order valence-electron chi connectivity index (χ4n) is 8.12. The normalized spacial score (nSPS) is 16.7. The highest BCUT2D eigenvalue weighted by Crippen LogP contribution is 2.66. The lowest BCUT2D eigenvalue weighted by molar-refractivity contribution is -0.191. The van der Waals surface area contributed by atoms with Crippen LogP contribution in [0.5, 0.6) is 11.5 Å². The molecule has 2 aromatic carbocycles. The Morgan fingerprint density at radius 1 is 0.574 bits per heavy atom. The number of phosphoric ester groups is 1. The molecule has 0 aliphatic rings. The summed E-state index contributed by atoms with van der Waals surface area (Å²) in [5, 5.41) is 0. The molecule has 0 aliphatic carbocycles. The first-order valence-electron chi connectivity index (χ1n) is 19.5. The number of methoxy groups -OCH3 is 1. The topological polar surface area (TPSA) is 97.4 Å². The molecule has 0 N–H and O–H groups in total. The molecule has 0 saturated carbocycles. The molecule has 0 spiro atoms. The van der Waals surface area contributed by atoms with E-state index in [-0.39, 0.29) is 41.4 Å². The van der Waals surface area contributed by atoms with Gasteiger partial charge < -0.3 is 18.5 Å². The standard InChI is InChI=1S/C45H73O8P/c1-18-39(6,7)40(8,9)32-44(15,45(16,19-2)41(10,11)33-43(14,36(46)49-17)42(12,13)38(3,4)5)37(47)50-30-31-51-54(48,52-34-26-22-20-23-27-34)53-35-28-24-21-25-29-35/h20-29H,18-19,30-33H2,1-17H3. The van der Waals surface area contributed by atoms with Gasteiger partial charge in [0.15, 0.2) is 0 Å². The second-order valence-electron chi connectivity index (χ2n) is 19.3. The van der Waals surface area contributed by atoms with Crippen molar-refractivity contribution in [2.45, 2.75) is 136 Å². The summed E-state index contributed by atoms with van der Waals surface area (Å²) >= 11 is 0. The third kappa shape index (κ3) is 9.75.